The summed E-state index contributed by atoms with van der Waals surface area (Å²) in [5.74, 6) is 0.712. The highest BCUT2D eigenvalue weighted by atomic mass is 32.1. The molecule has 0 aliphatic heterocycles. The Kier molecular flexibility index (Phi) is 5.67. The number of hydrogen-bond acceptors (Lipinski definition) is 7. The zero-order valence-corrected chi connectivity index (χ0v) is 16.8. The summed E-state index contributed by atoms with van der Waals surface area (Å²) in [5, 5.41) is 8.88. The van der Waals surface area contributed by atoms with Crippen molar-refractivity contribution in [2.45, 2.75) is 13.3 Å². The van der Waals surface area contributed by atoms with E-state index in [2.05, 4.69) is 15.5 Å². The van der Waals surface area contributed by atoms with Gasteiger partial charge in [-0.1, -0.05) is 29.4 Å². The lowest BCUT2D eigenvalue weighted by Crippen LogP contribution is -2.13. The number of thiophene rings is 1. The van der Waals surface area contributed by atoms with Gasteiger partial charge in [-0.15, -0.1) is 11.3 Å². The van der Waals surface area contributed by atoms with Gasteiger partial charge in [0.15, 0.2) is 0 Å². The van der Waals surface area contributed by atoms with Crippen LogP contribution in [0.15, 0.2) is 70.6 Å². The number of nitrogens with one attached hydrogen (secondary N) is 1. The monoisotopic (exact) mass is 419 g/mol. The molecule has 2 aromatic heterocycles. The number of nitrogens with zero attached hydrogens (tertiary/aromatic N) is 2. The Balaban J connectivity index is 1.48. The third-order valence-electron chi connectivity index (χ3n) is 4.19. The maximum atomic E-state index is 12.6. The van der Waals surface area contributed by atoms with Crippen LogP contribution in [0.2, 0.25) is 0 Å². The number of carbonyl (C=O) groups excluding carboxylic acids is 2. The van der Waals surface area contributed by atoms with Crippen LogP contribution in [-0.4, -0.2) is 22.0 Å². The fourth-order valence-electron chi connectivity index (χ4n) is 2.83. The second kappa shape index (κ2) is 8.71. The van der Waals surface area contributed by atoms with Crippen molar-refractivity contribution in [2.24, 2.45) is 0 Å². The molecule has 0 fully saturated rings. The Morgan fingerprint density at radius 3 is 2.60 bits per heavy atom. The average Bonchev–Trinajstić information content (AvgIpc) is 3.41. The maximum Gasteiger partial charge on any atom is 0.308 e. The Morgan fingerprint density at radius 2 is 1.87 bits per heavy atom. The predicted octanol–water partition coefficient (Wildman–Crippen LogP) is 4.57. The van der Waals surface area contributed by atoms with Crippen molar-refractivity contribution >= 4 is 28.9 Å². The first-order valence-corrected chi connectivity index (χ1v) is 10.0. The molecule has 2 aromatic carbocycles. The Labute approximate surface area is 176 Å². The van der Waals surface area contributed by atoms with Crippen molar-refractivity contribution in [3.63, 3.8) is 0 Å². The Bertz CT molecular complexity index is 1170. The molecule has 4 aromatic rings. The fraction of sp³-hybridized carbons (Fsp3) is 0.0909. The first-order valence-electron chi connectivity index (χ1n) is 9.13. The van der Waals surface area contributed by atoms with Crippen molar-refractivity contribution in [1.82, 2.24) is 10.1 Å². The lowest BCUT2D eigenvalue weighted by Gasteiger charge is -2.10. The number of hydrogen-bond donors (Lipinski definition) is 1. The van der Waals surface area contributed by atoms with E-state index in [1.54, 1.807) is 24.3 Å². The zero-order valence-electron chi connectivity index (χ0n) is 16.0. The highest BCUT2D eigenvalue weighted by Gasteiger charge is 2.14. The van der Waals surface area contributed by atoms with E-state index in [0.717, 1.165) is 10.4 Å². The van der Waals surface area contributed by atoms with Gasteiger partial charge in [-0.25, -0.2) is 0 Å². The molecular formula is C22H17N3O4S. The van der Waals surface area contributed by atoms with Crippen molar-refractivity contribution in [2.75, 3.05) is 5.32 Å². The van der Waals surface area contributed by atoms with E-state index in [9.17, 15) is 9.59 Å². The molecule has 0 unspecified atom stereocenters. The average molecular weight is 419 g/mol. The third-order valence-corrected chi connectivity index (χ3v) is 5.06. The summed E-state index contributed by atoms with van der Waals surface area (Å²) in [6.07, 6.45) is 0.389. The van der Waals surface area contributed by atoms with E-state index in [4.69, 9.17) is 9.26 Å². The molecule has 7 nitrogen and oxygen atoms in total. The summed E-state index contributed by atoms with van der Waals surface area (Å²) in [5.41, 5.74) is 1.95. The van der Waals surface area contributed by atoms with Crippen molar-refractivity contribution in [3.8, 4) is 16.5 Å². The predicted molar refractivity (Wildman–Crippen MR) is 113 cm³/mol. The molecule has 1 N–H and O–H groups in total. The molecule has 0 saturated heterocycles. The summed E-state index contributed by atoms with van der Waals surface area (Å²) < 4.78 is 10.4. The second-order valence-electron chi connectivity index (χ2n) is 6.40. The highest BCUT2D eigenvalue weighted by molar-refractivity contribution is 7.13. The van der Waals surface area contributed by atoms with Crippen LogP contribution in [0.25, 0.3) is 10.7 Å². The molecule has 0 aliphatic rings. The fourth-order valence-corrected chi connectivity index (χ4v) is 3.48. The summed E-state index contributed by atoms with van der Waals surface area (Å²) in [6.45, 7) is 1.32. The summed E-state index contributed by atoms with van der Waals surface area (Å²) in [7, 11) is 0. The topological polar surface area (TPSA) is 94.3 Å². The number of anilines is 1. The van der Waals surface area contributed by atoms with Gasteiger partial charge in [0.1, 0.15) is 5.75 Å². The zero-order chi connectivity index (χ0) is 20.9. The first kappa shape index (κ1) is 19.5. The number of carbonyl (C=O) groups is 2. The molecule has 0 saturated carbocycles. The highest BCUT2D eigenvalue weighted by Crippen LogP contribution is 2.24. The molecule has 8 heteroatoms. The van der Waals surface area contributed by atoms with Gasteiger partial charge >= 0.3 is 5.97 Å². The van der Waals surface area contributed by atoms with E-state index in [1.165, 1.54) is 18.3 Å². The van der Waals surface area contributed by atoms with Crippen LogP contribution in [-0.2, 0) is 11.2 Å². The van der Waals surface area contributed by atoms with E-state index in [-0.39, 0.29) is 5.91 Å². The van der Waals surface area contributed by atoms with Gasteiger partial charge < -0.3 is 14.6 Å². The molecule has 0 spiro atoms. The molecule has 0 aliphatic carbocycles. The van der Waals surface area contributed by atoms with Crippen LogP contribution in [0.3, 0.4) is 0 Å². The standard InChI is InChI=1S/C22H17N3O4S/c1-14(26)28-17-10-8-15(9-11-17)22(27)23-18-6-3-2-5-16(18)13-20-24-21(25-29-20)19-7-4-12-30-19/h2-12H,13H2,1H3,(H,23,27). The van der Waals surface area contributed by atoms with E-state index in [0.29, 0.717) is 35.1 Å². The van der Waals surface area contributed by atoms with Crippen molar-refractivity contribution in [3.05, 3.63) is 83.1 Å². The van der Waals surface area contributed by atoms with Gasteiger partial charge in [0.05, 0.1) is 11.3 Å². The molecule has 0 atom stereocenters. The van der Waals surface area contributed by atoms with Crippen LogP contribution in [0, 0.1) is 0 Å². The van der Waals surface area contributed by atoms with Crippen molar-refractivity contribution < 1.29 is 18.8 Å². The normalized spacial score (nSPS) is 10.6. The number of para-hydroxylation sites is 1. The SMILES string of the molecule is CC(=O)Oc1ccc(C(=O)Nc2ccccc2Cc2nc(-c3cccs3)no2)cc1. The Morgan fingerprint density at radius 1 is 1.07 bits per heavy atom. The quantitative estimate of drug-likeness (QED) is 0.363. The lowest BCUT2D eigenvalue weighted by molar-refractivity contribution is -0.131. The number of esters is 1. The van der Waals surface area contributed by atoms with Crippen LogP contribution >= 0.6 is 11.3 Å². The smallest absolute Gasteiger partial charge is 0.308 e. The van der Waals surface area contributed by atoms with Crippen LogP contribution < -0.4 is 10.1 Å². The number of amides is 1. The molecule has 150 valence electrons. The molecular weight excluding hydrogens is 402 g/mol. The molecule has 2 heterocycles. The number of aromatic nitrogens is 2. The van der Waals surface area contributed by atoms with E-state index in [1.807, 2.05) is 41.8 Å². The molecule has 0 bridgehead atoms. The van der Waals surface area contributed by atoms with Gasteiger partial charge in [0.25, 0.3) is 5.91 Å². The molecule has 0 radical (unpaired) electrons. The van der Waals surface area contributed by atoms with E-state index < -0.39 is 5.97 Å². The van der Waals surface area contributed by atoms with E-state index >= 15 is 0 Å². The second-order valence-corrected chi connectivity index (χ2v) is 7.34. The summed E-state index contributed by atoms with van der Waals surface area (Å²) >= 11 is 1.54. The molecule has 30 heavy (non-hydrogen) atoms. The number of benzene rings is 2. The van der Waals surface area contributed by atoms with Gasteiger partial charge in [0, 0.05) is 18.2 Å². The van der Waals surface area contributed by atoms with Crippen molar-refractivity contribution in [1.29, 1.82) is 0 Å². The Hall–Kier alpha value is -3.78. The minimum absolute atomic E-state index is 0.276. The van der Waals surface area contributed by atoms with Gasteiger partial charge in [0.2, 0.25) is 11.7 Å². The van der Waals surface area contributed by atoms with Gasteiger partial charge in [-0.05, 0) is 47.3 Å². The molecule has 4 rings (SSSR count). The minimum atomic E-state index is -0.413. The van der Waals surface area contributed by atoms with Gasteiger partial charge in [-0.2, -0.15) is 4.98 Å². The maximum absolute atomic E-state index is 12.6. The van der Waals surface area contributed by atoms with Crippen LogP contribution in [0.5, 0.6) is 5.75 Å². The number of rotatable bonds is 6. The third kappa shape index (κ3) is 4.61. The largest absolute Gasteiger partial charge is 0.427 e. The first-order chi connectivity index (χ1) is 14.6. The van der Waals surface area contributed by atoms with Gasteiger partial charge in [-0.3, -0.25) is 9.59 Å². The van der Waals surface area contributed by atoms with Crippen LogP contribution in [0.4, 0.5) is 5.69 Å². The minimum Gasteiger partial charge on any atom is -0.427 e. The van der Waals surface area contributed by atoms with Crippen LogP contribution in [0.1, 0.15) is 28.7 Å². The lowest BCUT2D eigenvalue weighted by atomic mass is 10.1. The number of ether oxygens (including phenoxy) is 1. The molecule has 1 amide bonds. The summed E-state index contributed by atoms with van der Waals surface area (Å²) in [6, 6.07) is 17.6. The summed E-state index contributed by atoms with van der Waals surface area (Å²) in [4.78, 5) is 29.0.